The number of hydrogen-bond acceptors (Lipinski definition) is 5. The fraction of sp³-hybridized carbons (Fsp3) is 0.348. The van der Waals surface area contributed by atoms with E-state index >= 15 is 0 Å². The minimum atomic E-state index is -4.27. The highest BCUT2D eigenvalue weighted by Gasteiger charge is 2.28. The van der Waals surface area contributed by atoms with Crippen molar-refractivity contribution in [3.05, 3.63) is 77.6 Å². The Morgan fingerprint density at radius 1 is 1.03 bits per heavy atom. The van der Waals surface area contributed by atoms with Gasteiger partial charge in [0.25, 0.3) is 0 Å². The average Bonchev–Trinajstić information content (AvgIpc) is 3.03. The van der Waals surface area contributed by atoms with E-state index in [1.54, 1.807) is 24.3 Å². The molecule has 0 saturated carbocycles. The van der Waals surface area contributed by atoms with Crippen LogP contribution < -0.4 is 10.0 Å². The molecule has 174 valence electrons. The SMILES string of the molecule is O=C(NCc1nnc2n1CCCCC2)C(Cc1ccccc1)NS(=O)(=O)c1ccccc1F. The number of nitrogens with one attached hydrogen (secondary N) is 2. The smallest absolute Gasteiger partial charge is 0.244 e. The van der Waals surface area contributed by atoms with Gasteiger partial charge in [-0.25, -0.2) is 12.8 Å². The highest BCUT2D eigenvalue weighted by Crippen LogP contribution is 2.16. The van der Waals surface area contributed by atoms with Gasteiger partial charge in [0, 0.05) is 13.0 Å². The zero-order valence-corrected chi connectivity index (χ0v) is 18.9. The van der Waals surface area contributed by atoms with Crippen LogP contribution in [0.25, 0.3) is 0 Å². The molecule has 10 heteroatoms. The molecule has 1 aromatic heterocycles. The number of carbonyl (C=O) groups excluding carboxylic acids is 1. The lowest BCUT2D eigenvalue weighted by Crippen LogP contribution is -2.48. The van der Waals surface area contributed by atoms with E-state index in [1.807, 2.05) is 10.6 Å². The zero-order valence-electron chi connectivity index (χ0n) is 18.1. The molecule has 1 aliphatic heterocycles. The molecule has 2 heterocycles. The molecule has 8 nitrogen and oxygen atoms in total. The fourth-order valence-corrected chi connectivity index (χ4v) is 5.19. The molecule has 3 aromatic rings. The van der Waals surface area contributed by atoms with Crippen molar-refractivity contribution in [2.45, 2.75) is 56.1 Å². The molecular weight excluding hydrogens is 445 g/mol. The van der Waals surface area contributed by atoms with Gasteiger partial charge in [-0.2, -0.15) is 4.72 Å². The van der Waals surface area contributed by atoms with Crippen LogP contribution in [0.5, 0.6) is 0 Å². The number of sulfonamides is 1. The van der Waals surface area contributed by atoms with Gasteiger partial charge < -0.3 is 9.88 Å². The normalized spacial score (nSPS) is 14.8. The van der Waals surface area contributed by atoms with Gasteiger partial charge in [0.05, 0.1) is 6.54 Å². The second kappa shape index (κ2) is 10.2. The summed E-state index contributed by atoms with van der Waals surface area (Å²) in [6.45, 7) is 0.916. The zero-order chi connectivity index (χ0) is 23.3. The molecule has 0 spiro atoms. The highest BCUT2D eigenvalue weighted by molar-refractivity contribution is 7.89. The molecule has 2 aromatic carbocycles. The lowest BCUT2D eigenvalue weighted by molar-refractivity contribution is -0.122. The first-order valence-electron chi connectivity index (χ1n) is 10.9. The van der Waals surface area contributed by atoms with Crippen LogP contribution in [0.2, 0.25) is 0 Å². The second-order valence-electron chi connectivity index (χ2n) is 8.01. The Labute approximate surface area is 192 Å². The molecule has 33 heavy (non-hydrogen) atoms. The summed E-state index contributed by atoms with van der Waals surface area (Å²) in [6.07, 6.45) is 4.15. The van der Waals surface area contributed by atoms with E-state index in [2.05, 4.69) is 20.2 Å². The van der Waals surface area contributed by atoms with Crippen molar-refractivity contribution < 1.29 is 17.6 Å². The summed E-state index contributed by atoms with van der Waals surface area (Å²) in [5.74, 6) is 0.133. The number of hydrogen-bond donors (Lipinski definition) is 2. The molecule has 0 bridgehead atoms. The van der Waals surface area contributed by atoms with Crippen LogP contribution in [0.3, 0.4) is 0 Å². The molecule has 4 rings (SSSR count). The van der Waals surface area contributed by atoms with Crippen molar-refractivity contribution in [2.75, 3.05) is 0 Å². The molecule has 0 aliphatic carbocycles. The van der Waals surface area contributed by atoms with Crippen molar-refractivity contribution in [2.24, 2.45) is 0 Å². The highest BCUT2D eigenvalue weighted by atomic mass is 32.2. The Bertz CT molecular complexity index is 1210. The van der Waals surface area contributed by atoms with E-state index in [0.29, 0.717) is 5.82 Å². The Morgan fingerprint density at radius 2 is 1.79 bits per heavy atom. The average molecular weight is 472 g/mol. The molecule has 0 radical (unpaired) electrons. The number of amides is 1. The van der Waals surface area contributed by atoms with Crippen LogP contribution >= 0.6 is 0 Å². The predicted molar refractivity (Wildman–Crippen MR) is 120 cm³/mol. The Balaban J connectivity index is 1.52. The number of rotatable bonds is 8. The number of benzene rings is 2. The van der Waals surface area contributed by atoms with Gasteiger partial charge in [-0.3, -0.25) is 4.79 Å². The van der Waals surface area contributed by atoms with Crippen molar-refractivity contribution in [1.29, 1.82) is 0 Å². The number of aryl methyl sites for hydroxylation is 1. The van der Waals surface area contributed by atoms with Crippen molar-refractivity contribution in [3.8, 4) is 0 Å². The first-order valence-corrected chi connectivity index (χ1v) is 12.4. The van der Waals surface area contributed by atoms with Crippen molar-refractivity contribution >= 4 is 15.9 Å². The third-order valence-corrected chi connectivity index (χ3v) is 7.13. The standard InChI is InChI=1S/C23H26FN5O3S/c24-18-11-6-7-12-20(18)33(31,32)28-19(15-17-9-3-1-4-10-17)23(30)25-16-22-27-26-21-13-5-2-8-14-29(21)22/h1,3-4,6-7,9-12,19,28H,2,5,8,13-16H2,(H,25,30). The van der Waals surface area contributed by atoms with E-state index < -0.39 is 32.7 Å². The topological polar surface area (TPSA) is 106 Å². The summed E-state index contributed by atoms with van der Waals surface area (Å²) in [5.41, 5.74) is 0.769. The molecule has 0 fully saturated rings. The van der Waals surface area contributed by atoms with Gasteiger partial charge in [-0.1, -0.05) is 48.9 Å². The molecule has 1 amide bonds. The maximum absolute atomic E-state index is 14.2. The number of aromatic nitrogens is 3. The minimum Gasteiger partial charge on any atom is -0.347 e. The summed E-state index contributed by atoms with van der Waals surface area (Å²) < 4.78 is 44.3. The van der Waals surface area contributed by atoms with Gasteiger partial charge >= 0.3 is 0 Å². The van der Waals surface area contributed by atoms with Crippen molar-refractivity contribution in [1.82, 2.24) is 24.8 Å². The summed E-state index contributed by atoms with van der Waals surface area (Å²) in [5, 5.41) is 11.2. The van der Waals surface area contributed by atoms with Gasteiger partial charge in [-0.15, -0.1) is 10.2 Å². The van der Waals surface area contributed by atoms with Crippen LogP contribution in [0.1, 0.15) is 36.5 Å². The van der Waals surface area contributed by atoms with Gasteiger partial charge in [0.1, 0.15) is 22.6 Å². The Hall–Kier alpha value is -3.11. The van der Waals surface area contributed by atoms with E-state index in [9.17, 15) is 17.6 Å². The second-order valence-corrected chi connectivity index (χ2v) is 9.69. The monoisotopic (exact) mass is 471 g/mol. The molecule has 1 atom stereocenters. The first kappa shape index (κ1) is 23.1. The quantitative estimate of drug-likeness (QED) is 0.525. The van der Waals surface area contributed by atoms with Crippen LogP contribution in [-0.2, 0) is 40.7 Å². The number of fused-ring (bicyclic) bond motifs is 1. The van der Waals surface area contributed by atoms with E-state index in [0.717, 1.165) is 49.7 Å². The first-order chi connectivity index (χ1) is 15.9. The third-order valence-electron chi connectivity index (χ3n) is 5.63. The summed E-state index contributed by atoms with van der Waals surface area (Å²) >= 11 is 0. The lowest BCUT2D eigenvalue weighted by atomic mass is 10.1. The third kappa shape index (κ3) is 5.63. The molecule has 1 unspecified atom stereocenters. The van der Waals surface area contributed by atoms with Gasteiger partial charge in [0.15, 0.2) is 5.82 Å². The predicted octanol–water partition coefficient (Wildman–Crippen LogP) is 2.35. The Kier molecular flexibility index (Phi) is 7.14. The van der Waals surface area contributed by atoms with Crippen molar-refractivity contribution in [3.63, 3.8) is 0 Å². The van der Waals surface area contributed by atoms with Gasteiger partial charge in [0.2, 0.25) is 15.9 Å². The largest absolute Gasteiger partial charge is 0.347 e. The minimum absolute atomic E-state index is 0.109. The molecule has 1 aliphatic rings. The van der Waals surface area contributed by atoms with Gasteiger partial charge in [-0.05, 0) is 37.0 Å². The van der Waals surface area contributed by atoms with Crippen LogP contribution in [0.4, 0.5) is 4.39 Å². The molecule has 0 saturated heterocycles. The fourth-order valence-electron chi connectivity index (χ4n) is 3.92. The summed E-state index contributed by atoms with van der Waals surface area (Å²) in [6, 6.07) is 13.0. The molecular formula is C23H26FN5O3S. The lowest BCUT2D eigenvalue weighted by Gasteiger charge is -2.19. The van der Waals surface area contributed by atoms with Crippen LogP contribution in [-0.4, -0.2) is 35.1 Å². The molecule has 2 N–H and O–H groups in total. The van der Waals surface area contributed by atoms with E-state index in [-0.39, 0.29) is 13.0 Å². The van der Waals surface area contributed by atoms with E-state index in [4.69, 9.17) is 0 Å². The number of nitrogens with zero attached hydrogens (tertiary/aromatic N) is 3. The number of halogens is 1. The summed E-state index contributed by atoms with van der Waals surface area (Å²) in [4.78, 5) is 12.6. The van der Waals surface area contributed by atoms with Crippen LogP contribution in [0.15, 0.2) is 59.5 Å². The maximum atomic E-state index is 14.2. The number of carbonyl (C=O) groups is 1. The maximum Gasteiger partial charge on any atom is 0.244 e. The van der Waals surface area contributed by atoms with E-state index in [1.165, 1.54) is 18.2 Å². The Morgan fingerprint density at radius 3 is 2.58 bits per heavy atom. The van der Waals surface area contributed by atoms with Crippen LogP contribution in [0, 0.1) is 5.82 Å². The summed E-state index contributed by atoms with van der Waals surface area (Å²) in [7, 11) is -4.27.